The monoisotopic (exact) mass is 254 g/mol. The molecular formula is C12H19ClN4. The van der Waals surface area contributed by atoms with Crippen molar-refractivity contribution in [3.05, 3.63) is 16.5 Å². The van der Waals surface area contributed by atoms with Crippen LogP contribution in [0.25, 0.3) is 0 Å². The minimum atomic E-state index is 0.460. The molecule has 94 valence electrons. The van der Waals surface area contributed by atoms with E-state index < -0.39 is 0 Å². The Hall–Kier alpha value is -0.870. The summed E-state index contributed by atoms with van der Waals surface area (Å²) in [6.45, 7) is 5.72. The molecule has 1 fully saturated rings. The molecule has 0 bridgehead atoms. The second-order valence-electron chi connectivity index (χ2n) is 4.67. The minimum absolute atomic E-state index is 0.460. The van der Waals surface area contributed by atoms with Crippen LogP contribution in [0.3, 0.4) is 0 Å². The van der Waals surface area contributed by atoms with Gasteiger partial charge in [-0.15, -0.1) is 0 Å². The van der Waals surface area contributed by atoms with Crippen LogP contribution >= 0.6 is 11.6 Å². The molecule has 0 spiro atoms. The van der Waals surface area contributed by atoms with Crippen molar-refractivity contribution in [3.8, 4) is 0 Å². The number of aromatic nitrogens is 2. The van der Waals surface area contributed by atoms with Crippen LogP contribution in [0.1, 0.15) is 24.2 Å². The van der Waals surface area contributed by atoms with E-state index in [4.69, 9.17) is 11.6 Å². The van der Waals surface area contributed by atoms with Gasteiger partial charge in [0.1, 0.15) is 0 Å². The highest BCUT2D eigenvalue weighted by molar-refractivity contribution is 6.31. The van der Waals surface area contributed by atoms with Gasteiger partial charge >= 0.3 is 0 Å². The molecule has 0 aliphatic heterocycles. The molecule has 1 heterocycles. The highest BCUT2D eigenvalue weighted by Gasteiger charge is 2.25. The minimum Gasteiger partial charge on any atom is -0.366 e. The van der Waals surface area contributed by atoms with Gasteiger partial charge in [0.15, 0.2) is 11.0 Å². The van der Waals surface area contributed by atoms with Crippen LogP contribution in [0, 0.1) is 13.8 Å². The predicted molar refractivity (Wildman–Crippen MR) is 70.7 cm³/mol. The van der Waals surface area contributed by atoms with E-state index in [0.717, 1.165) is 30.5 Å². The van der Waals surface area contributed by atoms with E-state index in [1.54, 1.807) is 0 Å². The second-order valence-corrected chi connectivity index (χ2v) is 5.03. The maximum atomic E-state index is 6.04. The molecule has 0 radical (unpaired) electrons. The van der Waals surface area contributed by atoms with E-state index in [0.29, 0.717) is 11.0 Å². The fourth-order valence-electron chi connectivity index (χ4n) is 1.74. The third kappa shape index (κ3) is 3.30. The third-order valence-electron chi connectivity index (χ3n) is 3.19. The first-order chi connectivity index (χ1) is 8.08. The van der Waals surface area contributed by atoms with Crippen molar-refractivity contribution < 1.29 is 0 Å². The van der Waals surface area contributed by atoms with Gasteiger partial charge in [0.25, 0.3) is 0 Å². The summed E-state index contributed by atoms with van der Waals surface area (Å²) in [4.78, 5) is 11.0. The average Bonchev–Trinajstić information content (AvgIpc) is 3.09. The van der Waals surface area contributed by atoms with Gasteiger partial charge in [0.2, 0.25) is 0 Å². The van der Waals surface area contributed by atoms with Crippen LogP contribution < -0.4 is 5.32 Å². The van der Waals surface area contributed by atoms with Gasteiger partial charge in [-0.1, -0.05) is 11.6 Å². The fourth-order valence-corrected chi connectivity index (χ4v) is 1.97. The number of likely N-dealkylation sites (N-methyl/N-ethyl adjacent to an activating group) is 1. The summed E-state index contributed by atoms with van der Waals surface area (Å²) < 4.78 is 0. The van der Waals surface area contributed by atoms with E-state index in [1.165, 1.54) is 12.8 Å². The summed E-state index contributed by atoms with van der Waals surface area (Å²) in [6, 6.07) is 0.790. The number of halogens is 1. The molecule has 0 unspecified atom stereocenters. The van der Waals surface area contributed by atoms with Crippen molar-refractivity contribution in [1.29, 1.82) is 0 Å². The zero-order valence-electron chi connectivity index (χ0n) is 10.6. The van der Waals surface area contributed by atoms with Crippen molar-refractivity contribution >= 4 is 17.4 Å². The lowest BCUT2D eigenvalue weighted by Crippen LogP contribution is -2.27. The van der Waals surface area contributed by atoms with Crippen LogP contribution in [-0.2, 0) is 0 Å². The fraction of sp³-hybridized carbons (Fsp3) is 0.667. The van der Waals surface area contributed by atoms with Gasteiger partial charge in [-0.05, 0) is 33.7 Å². The van der Waals surface area contributed by atoms with Crippen LogP contribution in [0.15, 0.2) is 0 Å². The van der Waals surface area contributed by atoms with Crippen LogP contribution in [-0.4, -0.2) is 41.0 Å². The summed E-state index contributed by atoms with van der Waals surface area (Å²) in [5.41, 5.74) is 1.81. The van der Waals surface area contributed by atoms with E-state index in [2.05, 4.69) is 27.2 Å². The molecule has 0 aromatic carbocycles. The molecule has 0 saturated heterocycles. The molecular weight excluding hydrogens is 236 g/mol. The Labute approximate surface area is 107 Å². The van der Waals surface area contributed by atoms with Crippen molar-refractivity contribution in [2.24, 2.45) is 0 Å². The molecule has 0 amide bonds. The average molecular weight is 255 g/mol. The van der Waals surface area contributed by atoms with Gasteiger partial charge in [-0.2, -0.15) is 0 Å². The smallest absolute Gasteiger partial charge is 0.171 e. The first kappa shape index (κ1) is 12.6. The standard InChI is InChI=1S/C12H19ClN4/c1-8-9(2)16-12(11(13)15-8)14-6-7-17(3)10-4-5-10/h10H,4-7H2,1-3H3,(H,14,16). The first-order valence-corrected chi connectivity index (χ1v) is 6.40. The van der Waals surface area contributed by atoms with Gasteiger partial charge in [0.05, 0.1) is 11.4 Å². The SMILES string of the molecule is Cc1nc(Cl)c(NCCN(C)C2CC2)nc1C. The van der Waals surface area contributed by atoms with Crippen LogP contribution in [0.2, 0.25) is 5.15 Å². The maximum Gasteiger partial charge on any atom is 0.171 e. The van der Waals surface area contributed by atoms with E-state index in [-0.39, 0.29) is 0 Å². The highest BCUT2D eigenvalue weighted by Crippen LogP contribution is 2.25. The van der Waals surface area contributed by atoms with Gasteiger partial charge in [-0.25, -0.2) is 9.97 Å². The van der Waals surface area contributed by atoms with Crippen LogP contribution in [0.4, 0.5) is 5.82 Å². The summed E-state index contributed by atoms with van der Waals surface area (Å²) in [7, 11) is 2.16. The molecule has 1 aliphatic rings. The third-order valence-corrected chi connectivity index (χ3v) is 3.46. The molecule has 1 N–H and O–H groups in total. The number of hydrogen-bond acceptors (Lipinski definition) is 4. The quantitative estimate of drug-likeness (QED) is 0.875. The molecule has 1 aliphatic carbocycles. The molecule has 1 aromatic rings. The Morgan fingerprint density at radius 2 is 1.94 bits per heavy atom. The number of anilines is 1. The Morgan fingerprint density at radius 1 is 1.29 bits per heavy atom. The molecule has 17 heavy (non-hydrogen) atoms. The Morgan fingerprint density at radius 3 is 2.59 bits per heavy atom. The number of aryl methyl sites for hydroxylation is 2. The zero-order valence-corrected chi connectivity index (χ0v) is 11.4. The molecule has 4 nitrogen and oxygen atoms in total. The molecule has 2 rings (SSSR count). The van der Waals surface area contributed by atoms with Gasteiger partial charge in [-0.3, -0.25) is 0 Å². The second kappa shape index (κ2) is 5.19. The number of rotatable bonds is 5. The van der Waals surface area contributed by atoms with Gasteiger partial charge < -0.3 is 10.2 Å². The van der Waals surface area contributed by atoms with Crippen molar-refractivity contribution in [1.82, 2.24) is 14.9 Å². The van der Waals surface area contributed by atoms with E-state index in [9.17, 15) is 0 Å². The Bertz CT molecular complexity index is 404. The lowest BCUT2D eigenvalue weighted by atomic mass is 10.3. The Balaban J connectivity index is 1.87. The summed E-state index contributed by atoms with van der Waals surface area (Å²) >= 11 is 6.04. The highest BCUT2D eigenvalue weighted by atomic mass is 35.5. The number of nitrogens with zero attached hydrogens (tertiary/aromatic N) is 3. The lowest BCUT2D eigenvalue weighted by molar-refractivity contribution is 0.337. The van der Waals surface area contributed by atoms with Crippen molar-refractivity contribution in [3.63, 3.8) is 0 Å². The van der Waals surface area contributed by atoms with Crippen LogP contribution in [0.5, 0.6) is 0 Å². The van der Waals surface area contributed by atoms with Crippen molar-refractivity contribution in [2.75, 3.05) is 25.5 Å². The predicted octanol–water partition coefficient (Wildman–Crippen LogP) is 2.25. The molecule has 5 heteroatoms. The van der Waals surface area contributed by atoms with E-state index >= 15 is 0 Å². The largest absolute Gasteiger partial charge is 0.366 e. The summed E-state index contributed by atoms with van der Waals surface area (Å²) in [5, 5.41) is 3.71. The lowest BCUT2D eigenvalue weighted by Gasteiger charge is -2.16. The van der Waals surface area contributed by atoms with Gasteiger partial charge in [0, 0.05) is 19.1 Å². The Kier molecular flexibility index (Phi) is 3.84. The normalized spacial score (nSPS) is 15.4. The van der Waals surface area contributed by atoms with Crippen molar-refractivity contribution in [2.45, 2.75) is 32.7 Å². The summed E-state index contributed by atoms with van der Waals surface area (Å²) in [6.07, 6.45) is 2.67. The number of hydrogen-bond donors (Lipinski definition) is 1. The topological polar surface area (TPSA) is 41.1 Å². The summed E-state index contributed by atoms with van der Waals surface area (Å²) in [5.74, 6) is 0.693. The first-order valence-electron chi connectivity index (χ1n) is 6.03. The molecule has 1 saturated carbocycles. The number of nitrogens with one attached hydrogen (secondary N) is 1. The van der Waals surface area contributed by atoms with E-state index in [1.807, 2.05) is 13.8 Å². The maximum absolute atomic E-state index is 6.04. The zero-order chi connectivity index (χ0) is 12.4. The molecule has 0 atom stereocenters. The molecule has 1 aromatic heterocycles.